The van der Waals surface area contributed by atoms with Gasteiger partial charge in [0.25, 0.3) is 0 Å². The lowest BCUT2D eigenvalue weighted by Crippen LogP contribution is -1.93. The molecule has 0 unspecified atom stereocenters. The van der Waals surface area contributed by atoms with Gasteiger partial charge in [0.05, 0.1) is 7.11 Å². The zero-order chi connectivity index (χ0) is 10.7. The maximum Gasteiger partial charge on any atom is 0.146 e. The van der Waals surface area contributed by atoms with Gasteiger partial charge in [-0.05, 0) is 24.3 Å². The summed E-state index contributed by atoms with van der Waals surface area (Å²) in [6.45, 7) is 0. The molecule has 2 heterocycles. The second kappa shape index (κ2) is 4.18. The zero-order valence-electron chi connectivity index (χ0n) is 8.10. The first-order chi connectivity index (χ1) is 7.31. The number of nitrogens with one attached hydrogen (secondary N) is 1. The Kier molecular flexibility index (Phi) is 2.73. The molecule has 0 aliphatic rings. The topological polar surface area (TPSA) is 50.8 Å². The van der Waals surface area contributed by atoms with Crippen molar-refractivity contribution in [3.63, 3.8) is 0 Å². The van der Waals surface area contributed by atoms with Crippen LogP contribution in [0.3, 0.4) is 0 Å². The minimum Gasteiger partial charge on any atom is -0.494 e. The number of nitrogens with zero attached hydrogens (tertiary/aromatic N) is 2. The van der Waals surface area contributed by atoms with Crippen LogP contribution in [-0.4, -0.2) is 22.3 Å². The molecule has 0 radical (unpaired) electrons. The Labute approximate surface area is 92.0 Å². The SMILES string of the molecule is COc1cccnc1-c1ccc(=S)[nH]n1. The van der Waals surface area contributed by atoms with Crippen LogP contribution in [0.4, 0.5) is 0 Å². The molecule has 0 saturated carbocycles. The molecule has 0 spiro atoms. The van der Waals surface area contributed by atoms with Crippen LogP contribution in [0.2, 0.25) is 0 Å². The summed E-state index contributed by atoms with van der Waals surface area (Å²) in [6, 6.07) is 7.23. The van der Waals surface area contributed by atoms with Gasteiger partial charge < -0.3 is 4.74 Å². The van der Waals surface area contributed by atoms with Gasteiger partial charge in [0.2, 0.25) is 0 Å². The van der Waals surface area contributed by atoms with Gasteiger partial charge in [-0.15, -0.1) is 0 Å². The molecule has 76 valence electrons. The van der Waals surface area contributed by atoms with E-state index < -0.39 is 0 Å². The fourth-order valence-corrected chi connectivity index (χ4v) is 1.34. The number of hydrogen-bond donors (Lipinski definition) is 1. The second-order valence-electron chi connectivity index (χ2n) is 2.86. The van der Waals surface area contributed by atoms with Crippen molar-refractivity contribution in [2.75, 3.05) is 7.11 Å². The maximum atomic E-state index is 5.19. The van der Waals surface area contributed by atoms with Gasteiger partial charge in [0, 0.05) is 6.20 Å². The van der Waals surface area contributed by atoms with Crippen molar-refractivity contribution < 1.29 is 4.74 Å². The van der Waals surface area contributed by atoms with Crippen LogP contribution in [0.5, 0.6) is 5.75 Å². The minimum absolute atomic E-state index is 0.591. The van der Waals surface area contributed by atoms with Crippen molar-refractivity contribution in [1.82, 2.24) is 15.2 Å². The summed E-state index contributed by atoms with van der Waals surface area (Å²) >= 11 is 4.91. The Morgan fingerprint density at radius 2 is 2.20 bits per heavy atom. The highest BCUT2D eigenvalue weighted by Crippen LogP contribution is 2.24. The smallest absolute Gasteiger partial charge is 0.146 e. The van der Waals surface area contributed by atoms with E-state index >= 15 is 0 Å². The molecule has 0 saturated heterocycles. The molecule has 0 amide bonds. The summed E-state index contributed by atoms with van der Waals surface area (Å²) in [6.07, 6.45) is 1.70. The summed E-state index contributed by atoms with van der Waals surface area (Å²) in [5, 5.41) is 6.80. The van der Waals surface area contributed by atoms with Gasteiger partial charge in [-0.1, -0.05) is 12.2 Å². The van der Waals surface area contributed by atoms with E-state index in [9.17, 15) is 0 Å². The Balaban J connectivity index is 2.53. The lowest BCUT2D eigenvalue weighted by Gasteiger charge is -2.05. The van der Waals surface area contributed by atoms with Crippen LogP contribution < -0.4 is 4.74 Å². The zero-order valence-corrected chi connectivity index (χ0v) is 8.91. The predicted molar refractivity (Wildman–Crippen MR) is 59.2 cm³/mol. The quantitative estimate of drug-likeness (QED) is 0.787. The Hall–Kier alpha value is -1.75. The van der Waals surface area contributed by atoms with Crippen molar-refractivity contribution in [2.45, 2.75) is 0 Å². The molecule has 0 atom stereocenters. The predicted octanol–water partition coefficient (Wildman–Crippen LogP) is 2.21. The first kappa shape index (κ1) is 9.79. The first-order valence-corrected chi connectivity index (χ1v) is 4.77. The molecule has 2 aromatic heterocycles. The summed E-state index contributed by atoms with van der Waals surface area (Å²) in [7, 11) is 1.60. The third kappa shape index (κ3) is 2.02. The standard InChI is InChI=1S/C10H9N3OS/c1-14-8-3-2-6-11-10(8)7-4-5-9(15)13-12-7/h2-6H,1H3,(H,13,15). The van der Waals surface area contributed by atoms with Crippen LogP contribution in [0.15, 0.2) is 30.5 Å². The van der Waals surface area contributed by atoms with E-state index in [0.29, 0.717) is 21.8 Å². The van der Waals surface area contributed by atoms with Crippen LogP contribution in [0.1, 0.15) is 0 Å². The summed E-state index contributed by atoms with van der Waals surface area (Å²) < 4.78 is 5.78. The highest BCUT2D eigenvalue weighted by atomic mass is 32.1. The number of aromatic amines is 1. The fourth-order valence-electron chi connectivity index (χ4n) is 1.22. The van der Waals surface area contributed by atoms with Crippen LogP contribution in [0, 0.1) is 4.64 Å². The van der Waals surface area contributed by atoms with Crippen molar-refractivity contribution in [2.24, 2.45) is 0 Å². The van der Waals surface area contributed by atoms with Crippen LogP contribution in [-0.2, 0) is 0 Å². The Morgan fingerprint density at radius 3 is 2.87 bits per heavy atom. The number of methoxy groups -OCH3 is 1. The number of aromatic nitrogens is 3. The molecule has 15 heavy (non-hydrogen) atoms. The molecular weight excluding hydrogens is 210 g/mol. The van der Waals surface area contributed by atoms with Gasteiger partial charge in [-0.25, -0.2) is 0 Å². The Morgan fingerprint density at radius 1 is 1.33 bits per heavy atom. The van der Waals surface area contributed by atoms with Gasteiger partial charge in [-0.3, -0.25) is 10.1 Å². The van der Waals surface area contributed by atoms with E-state index in [2.05, 4.69) is 15.2 Å². The molecule has 0 fully saturated rings. The van der Waals surface area contributed by atoms with Gasteiger partial charge in [0.1, 0.15) is 21.8 Å². The van der Waals surface area contributed by atoms with Crippen molar-refractivity contribution in [1.29, 1.82) is 0 Å². The normalized spacial score (nSPS) is 9.93. The Bertz CT molecular complexity index is 504. The van der Waals surface area contributed by atoms with Crippen LogP contribution in [0.25, 0.3) is 11.4 Å². The second-order valence-corrected chi connectivity index (χ2v) is 3.30. The molecule has 4 nitrogen and oxygen atoms in total. The van der Waals surface area contributed by atoms with E-state index in [0.717, 1.165) is 0 Å². The van der Waals surface area contributed by atoms with Gasteiger partial charge in [0.15, 0.2) is 0 Å². The van der Waals surface area contributed by atoms with Crippen molar-refractivity contribution in [3.8, 4) is 17.1 Å². The third-order valence-corrected chi connectivity index (χ3v) is 2.14. The molecule has 0 bridgehead atoms. The lowest BCUT2D eigenvalue weighted by atomic mass is 10.2. The first-order valence-electron chi connectivity index (χ1n) is 4.36. The molecule has 2 rings (SSSR count). The van der Waals surface area contributed by atoms with E-state index in [1.807, 2.05) is 18.2 Å². The largest absolute Gasteiger partial charge is 0.494 e. The number of ether oxygens (including phenoxy) is 1. The number of rotatable bonds is 2. The molecule has 1 N–H and O–H groups in total. The third-order valence-electron chi connectivity index (χ3n) is 1.91. The fraction of sp³-hybridized carbons (Fsp3) is 0.100. The minimum atomic E-state index is 0.591. The average molecular weight is 219 g/mol. The monoisotopic (exact) mass is 219 g/mol. The maximum absolute atomic E-state index is 5.19. The van der Waals surface area contributed by atoms with E-state index in [-0.39, 0.29) is 0 Å². The molecular formula is C10H9N3OS. The molecule has 0 aromatic carbocycles. The summed E-state index contributed by atoms with van der Waals surface area (Å²) in [5.74, 6) is 0.690. The highest BCUT2D eigenvalue weighted by molar-refractivity contribution is 7.71. The average Bonchev–Trinajstić information content (AvgIpc) is 2.30. The van der Waals surface area contributed by atoms with Crippen LogP contribution >= 0.6 is 12.2 Å². The number of H-pyrrole nitrogens is 1. The van der Waals surface area contributed by atoms with E-state index in [4.69, 9.17) is 17.0 Å². The van der Waals surface area contributed by atoms with Crippen molar-refractivity contribution >= 4 is 12.2 Å². The van der Waals surface area contributed by atoms with Gasteiger partial charge >= 0.3 is 0 Å². The molecule has 0 aliphatic carbocycles. The van der Waals surface area contributed by atoms with E-state index in [1.54, 1.807) is 19.4 Å². The van der Waals surface area contributed by atoms with E-state index in [1.165, 1.54) is 0 Å². The van der Waals surface area contributed by atoms with Gasteiger partial charge in [-0.2, -0.15) is 5.10 Å². The number of pyridine rings is 1. The molecule has 0 aliphatic heterocycles. The lowest BCUT2D eigenvalue weighted by molar-refractivity contribution is 0.414. The molecule has 5 heteroatoms. The summed E-state index contributed by atoms with van der Waals surface area (Å²) in [4.78, 5) is 4.21. The van der Waals surface area contributed by atoms with Crippen molar-refractivity contribution in [3.05, 3.63) is 35.1 Å². The highest BCUT2D eigenvalue weighted by Gasteiger charge is 2.06. The number of hydrogen-bond acceptors (Lipinski definition) is 4. The summed E-state index contributed by atoms with van der Waals surface area (Å²) in [5.41, 5.74) is 1.41. The molecule has 2 aromatic rings.